The Hall–Kier alpha value is -3.80. The smallest absolute Gasteiger partial charge is 0.273 e. The zero-order valence-electron chi connectivity index (χ0n) is 15.9. The lowest BCUT2D eigenvalue weighted by atomic mass is 9.96. The van der Waals surface area contributed by atoms with Crippen molar-refractivity contribution in [3.8, 4) is 11.1 Å². The maximum atomic E-state index is 12.2. The topological polar surface area (TPSA) is 75.8 Å². The van der Waals surface area contributed by atoms with Crippen molar-refractivity contribution in [1.29, 1.82) is 0 Å². The molecule has 0 bridgehead atoms. The van der Waals surface area contributed by atoms with Gasteiger partial charge in [0.25, 0.3) is 5.69 Å². The first kappa shape index (κ1) is 18.6. The van der Waals surface area contributed by atoms with Crippen molar-refractivity contribution < 1.29 is 9.72 Å². The van der Waals surface area contributed by atoms with Crippen molar-refractivity contribution in [2.45, 2.75) is 19.4 Å². The SMILES string of the molecule is CC(=O)N1N=C(c2ccc(-c3ccccc3)cc2)CC1c1ccccc1[N+](=O)[O-]. The third kappa shape index (κ3) is 3.65. The number of nitro benzene ring substituents is 1. The van der Waals surface area contributed by atoms with Gasteiger partial charge in [-0.25, -0.2) is 5.01 Å². The largest absolute Gasteiger partial charge is 0.274 e. The van der Waals surface area contributed by atoms with Crippen LogP contribution in [0.5, 0.6) is 0 Å². The molecule has 1 aliphatic rings. The standard InChI is InChI=1S/C23H19N3O3/c1-16(27)25-23(20-9-5-6-10-22(20)26(28)29)15-21(24-25)19-13-11-18(12-14-19)17-7-3-2-4-8-17/h2-14,23H,15H2,1H3. The number of nitrogens with zero attached hydrogens (tertiary/aromatic N) is 3. The third-order valence-electron chi connectivity index (χ3n) is 5.05. The first-order chi connectivity index (χ1) is 14.0. The summed E-state index contributed by atoms with van der Waals surface area (Å²) in [6.07, 6.45) is 0.426. The molecule has 3 aromatic carbocycles. The van der Waals surface area contributed by atoms with Gasteiger partial charge in [0, 0.05) is 19.4 Å². The minimum Gasteiger partial charge on any atom is -0.273 e. The third-order valence-corrected chi connectivity index (χ3v) is 5.05. The molecule has 1 heterocycles. The van der Waals surface area contributed by atoms with E-state index < -0.39 is 11.0 Å². The van der Waals surface area contributed by atoms with Crippen molar-refractivity contribution in [2.75, 3.05) is 0 Å². The molecular weight excluding hydrogens is 366 g/mol. The number of hydrazone groups is 1. The summed E-state index contributed by atoms with van der Waals surface area (Å²) in [5.41, 5.74) is 4.34. The Bertz CT molecular complexity index is 1090. The van der Waals surface area contributed by atoms with Crippen molar-refractivity contribution in [2.24, 2.45) is 5.10 Å². The van der Waals surface area contributed by atoms with Crippen molar-refractivity contribution >= 4 is 17.3 Å². The van der Waals surface area contributed by atoms with Gasteiger partial charge in [-0.2, -0.15) is 5.10 Å². The van der Waals surface area contributed by atoms with Gasteiger partial charge in [0.05, 0.1) is 22.2 Å². The monoisotopic (exact) mass is 385 g/mol. The van der Waals surface area contributed by atoms with E-state index in [-0.39, 0.29) is 11.6 Å². The Morgan fingerprint density at radius 1 is 0.931 bits per heavy atom. The summed E-state index contributed by atoms with van der Waals surface area (Å²) in [7, 11) is 0. The van der Waals surface area contributed by atoms with E-state index in [2.05, 4.69) is 5.10 Å². The molecule has 3 aromatic rings. The maximum absolute atomic E-state index is 12.2. The van der Waals surface area contributed by atoms with Crippen LogP contribution in [-0.4, -0.2) is 21.6 Å². The Kier molecular flexibility index (Phi) is 4.91. The first-order valence-corrected chi connectivity index (χ1v) is 9.31. The molecule has 1 aliphatic heterocycles. The highest BCUT2D eigenvalue weighted by Crippen LogP contribution is 2.37. The van der Waals surface area contributed by atoms with E-state index in [1.807, 2.05) is 54.6 Å². The average Bonchev–Trinajstić information content (AvgIpc) is 3.20. The van der Waals surface area contributed by atoms with Gasteiger partial charge < -0.3 is 0 Å². The Morgan fingerprint density at radius 2 is 1.52 bits per heavy atom. The molecule has 0 fully saturated rings. The molecule has 4 rings (SSSR count). The normalized spacial score (nSPS) is 15.8. The predicted octanol–water partition coefficient (Wildman–Crippen LogP) is 4.96. The van der Waals surface area contributed by atoms with Crippen molar-refractivity contribution in [3.05, 3.63) is 100 Å². The molecule has 144 valence electrons. The summed E-state index contributed by atoms with van der Waals surface area (Å²) in [4.78, 5) is 23.2. The Balaban J connectivity index is 1.65. The second kappa shape index (κ2) is 7.67. The van der Waals surface area contributed by atoms with Crippen LogP contribution in [-0.2, 0) is 4.79 Å². The number of amides is 1. The number of carbonyl (C=O) groups is 1. The van der Waals surface area contributed by atoms with E-state index in [1.54, 1.807) is 18.2 Å². The van der Waals surface area contributed by atoms with Gasteiger partial charge in [0.1, 0.15) is 0 Å². The van der Waals surface area contributed by atoms with Crippen LogP contribution in [0.1, 0.15) is 30.5 Å². The molecule has 1 atom stereocenters. The van der Waals surface area contributed by atoms with Crippen LogP contribution in [0.15, 0.2) is 84.0 Å². The molecule has 1 amide bonds. The van der Waals surface area contributed by atoms with E-state index in [0.29, 0.717) is 12.0 Å². The summed E-state index contributed by atoms with van der Waals surface area (Å²) < 4.78 is 0. The molecule has 0 spiro atoms. The van der Waals surface area contributed by atoms with Crippen LogP contribution in [0.3, 0.4) is 0 Å². The summed E-state index contributed by atoms with van der Waals surface area (Å²) in [5.74, 6) is -0.246. The maximum Gasteiger partial charge on any atom is 0.274 e. The van der Waals surface area contributed by atoms with Crippen LogP contribution in [0.25, 0.3) is 11.1 Å². The Morgan fingerprint density at radius 3 is 2.17 bits per heavy atom. The fourth-order valence-electron chi connectivity index (χ4n) is 3.64. The average molecular weight is 385 g/mol. The van der Waals surface area contributed by atoms with Gasteiger partial charge in [0.2, 0.25) is 5.91 Å². The zero-order valence-corrected chi connectivity index (χ0v) is 15.9. The van der Waals surface area contributed by atoms with Crippen LogP contribution >= 0.6 is 0 Å². The number of hydrogen-bond acceptors (Lipinski definition) is 4. The number of para-hydroxylation sites is 1. The zero-order chi connectivity index (χ0) is 20.4. The molecule has 29 heavy (non-hydrogen) atoms. The lowest BCUT2D eigenvalue weighted by Crippen LogP contribution is -2.24. The highest BCUT2D eigenvalue weighted by Gasteiger charge is 2.35. The molecule has 0 saturated heterocycles. The summed E-state index contributed by atoms with van der Waals surface area (Å²) >= 11 is 0. The lowest BCUT2D eigenvalue weighted by Gasteiger charge is -2.20. The van der Waals surface area contributed by atoms with Crippen LogP contribution in [0.4, 0.5) is 5.69 Å². The van der Waals surface area contributed by atoms with Gasteiger partial charge >= 0.3 is 0 Å². The van der Waals surface area contributed by atoms with E-state index >= 15 is 0 Å². The van der Waals surface area contributed by atoms with E-state index in [1.165, 1.54) is 18.0 Å². The Labute approximate surface area is 168 Å². The van der Waals surface area contributed by atoms with E-state index in [0.717, 1.165) is 22.4 Å². The molecule has 6 heteroatoms. The van der Waals surface area contributed by atoms with Crippen molar-refractivity contribution in [1.82, 2.24) is 5.01 Å². The number of carbonyl (C=O) groups excluding carboxylic acids is 1. The van der Waals surface area contributed by atoms with Gasteiger partial charge in [-0.15, -0.1) is 0 Å². The number of nitro groups is 1. The van der Waals surface area contributed by atoms with Gasteiger partial charge in [0.15, 0.2) is 0 Å². The molecule has 6 nitrogen and oxygen atoms in total. The summed E-state index contributed by atoms with van der Waals surface area (Å²) in [6, 6.07) is 24.1. The van der Waals surface area contributed by atoms with Crippen LogP contribution in [0.2, 0.25) is 0 Å². The molecule has 0 saturated carbocycles. The first-order valence-electron chi connectivity index (χ1n) is 9.31. The van der Waals surface area contributed by atoms with E-state index in [4.69, 9.17) is 0 Å². The number of benzene rings is 3. The highest BCUT2D eigenvalue weighted by atomic mass is 16.6. The van der Waals surface area contributed by atoms with Crippen LogP contribution in [0, 0.1) is 10.1 Å². The second-order valence-electron chi connectivity index (χ2n) is 6.89. The minimum absolute atomic E-state index is 0.000347. The molecular formula is C23H19N3O3. The summed E-state index contributed by atoms with van der Waals surface area (Å²) in [5, 5.41) is 17.3. The van der Waals surface area contributed by atoms with Crippen LogP contribution < -0.4 is 0 Å². The van der Waals surface area contributed by atoms with Gasteiger partial charge in [-0.1, -0.05) is 66.7 Å². The predicted molar refractivity (Wildman–Crippen MR) is 111 cm³/mol. The lowest BCUT2D eigenvalue weighted by molar-refractivity contribution is -0.385. The molecule has 1 unspecified atom stereocenters. The summed E-state index contributed by atoms with van der Waals surface area (Å²) in [6.45, 7) is 1.42. The quantitative estimate of drug-likeness (QED) is 0.470. The highest BCUT2D eigenvalue weighted by molar-refractivity contribution is 6.03. The van der Waals surface area contributed by atoms with Gasteiger partial charge in [-0.3, -0.25) is 14.9 Å². The van der Waals surface area contributed by atoms with Crippen molar-refractivity contribution in [3.63, 3.8) is 0 Å². The van der Waals surface area contributed by atoms with E-state index in [9.17, 15) is 14.9 Å². The molecule has 0 aliphatic carbocycles. The fraction of sp³-hybridized carbons (Fsp3) is 0.130. The molecule has 0 radical (unpaired) electrons. The fourth-order valence-corrected chi connectivity index (χ4v) is 3.64. The van der Waals surface area contributed by atoms with Gasteiger partial charge in [-0.05, 0) is 22.8 Å². The number of hydrogen-bond donors (Lipinski definition) is 0. The minimum atomic E-state index is -0.488. The number of rotatable bonds is 4. The molecule has 0 N–H and O–H groups in total. The molecule has 0 aromatic heterocycles. The second-order valence-corrected chi connectivity index (χ2v) is 6.89.